The molecule has 0 atom stereocenters. The first-order valence-corrected chi connectivity index (χ1v) is 8.10. The smallest absolute Gasteiger partial charge is 0.319 e. The second kappa shape index (κ2) is 9.76. The van der Waals surface area contributed by atoms with E-state index in [0.29, 0.717) is 36.2 Å². The fraction of sp³-hybridized carbons (Fsp3) is 0.278. The van der Waals surface area contributed by atoms with E-state index in [4.69, 9.17) is 25.8 Å². The van der Waals surface area contributed by atoms with Gasteiger partial charge in [-0.2, -0.15) is 0 Å². The van der Waals surface area contributed by atoms with Crippen LogP contribution in [-0.4, -0.2) is 33.5 Å². The summed E-state index contributed by atoms with van der Waals surface area (Å²) >= 11 is 6.14. The number of para-hydroxylation sites is 1. The van der Waals surface area contributed by atoms with E-state index >= 15 is 0 Å². The predicted molar refractivity (Wildman–Crippen MR) is 97.7 cm³/mol. The lowest BCUT2D eigenvalue weighted by Gasteiger charge is -2.14. The summed E-state index contributed by atoms with van der Waals surface area (Å²) in [7, 11) is 3.19. The van der Waals surface area contributed by atoms with Gasteiger partial charge in [0.05, 0.1) is 24.4 Å². The summed E-state index contributed by atoms with van der Waals surface area (Å²) < 4.78 is 15.6. The highest BCUT2D eigenvalue weighted by Gasteiger charge is 2.11. The Balaban J connectivity index is 1.94. The number of methoxy groups -OCH3 is 2. The Morgan fingerprint density at radius 1 is 1.08 bits per heavy atom. The van der Waals surface area contributed by atoms with Gasteiger partial charge < -0.3 is 24.8 Å². The molecule has 134 valence electrons. The molecule has 0 unspecified atom stereocenters. The Labute approximate surface area is 152 Å². The number of amides is 2. The van der Waals surface area contributed by atoms with Crippen LogP contribution in [0.2, 0.25) is 5.02 Å². The largest absolute Gasteiger partial charge is 0.497 e. The average molecular weight is 365 g/mol. The monoisotopic (exact) mass is 364 g/mol. The van der Waals surface area contributed by atoms with Crippen molar-refractivity contribution in [1.82, 2.24) is 5.32 Å². The first kappa shape index (κ1) is 18.9. The Kier molecular flexibility index (Phi) is 7.37. The van der Waals surface area contributed by atoms with Crippen molar-refractivity contribution in [2.24, 2.45) is 0 Å². The minimum atomic E-state index is -0.352. The van der Waals surface area contributed by atoms with Crippen LogP contribution in [0.3, 0.4) is 0 Å². The lowest BCUT2D eigenvalue weighted by atomic mass is 10.2. The third-order valence-electron chi connectivity index (χ3n) is 3.36. The van der Waals surface area contributed by atoms with E-state index in [1.807, 2.05) is 24.3 Å². The number of anilines is 1. The van der Waals surface area contributed by atoms with Gasteiger partial charge in [-0.05, 0) is 29.8 Å². The molecule has 6 nitrogen and oxygen atoms in total. The highest BCUT2D eigenvalue weighted by molar-refractivity contribution is 6.32. The molecule has 0 fully saturated rings. The van der Waals surface area contributed by atoms with Crippen molar-refractivity contribution in [3.05, 3.63) is 53.1 Å². The second-order valence-electron chi connectivity index (χ2n) is 5.11. The van der Waals surface area contributed by atoms with Gasteiger partial charge in [-0.1, -0.05) is 29.8 Å². The fourth-order valence-corrected chi connectivity index (χ4v) is 2.30. The summed E-state index contributed by atoms with van der Waals surface area (Å²) in [6, 6.07) is 12.3. The standard InChI is InChI=1S/C18H21ClN2O4/c1-23-10-11-25-17-15(19)4-3-5-16(17)21-18(22)20-12-13-6-8-14(24-2)9-7-13/h3-9H,10-12H2,1-2H3,(H2,20,21,22). The SMILES string of the molecule is COCCOc1c(Cl)cccc1NC(=O)NCc1ccc(OC)cc1. The molecule has 0 aliphatic rings. The van der Waals surface area contributed by atoms with E-state index in [1.54, 1.807) is 32.4 Å². The quantitative estimate of drug-likeness (QED) is 0.701. The fourth-order valence-electron chi connectivity index (χ4n) is 2.07. The lowest BCUT2D eigenvalue weighted by molar-refractivity contribution is 0.146. The summed E-state index contributed by atoms with van der Waals surface area (Å²) in [5.74, 6) is 1.19. The van der Waals surface area contributed by atoms with Gasteiger partial charge in [0.1, 0.15) is 12.4 Å². The number of carbonyl (C=O) groups excluding carboxylic acids is 1. The Morgan fingerprint density at radius 3 is 2.52 bits per heavy atom. The zero-order valence-corrected chi connectivity index (χ0v) is 14.9. The normalized spacial score (nSPS) is 10.2. The molecule has 0 aliphatic carbocycles. The van der Waals surface area contributed by atoms with Crippen molar-refractivity contribution in [2.75, 3.05) is 32.8 Å². The number of rotatable bonds is 8. The molecular formula is C18H21ClN2O4. The van der Waals surface area contributed by atoms with Crippen molar-refractivity contribution in [2.45, 2.75) is 6.54 Å². The molecule has 2 aromatic carbocycles. The van der Waals surface area contributed by atoms with Gasteiger partial charge in [0.2, 0.25) is 0 Å². The summed E-state index contributed by atoms with van der Waals surface area (Å²) in [5, 5.41) is 5.95. The molecule has 0 heterocycles. The highest BCUT2D eigenvalue weighted by Crippen LogP contribution is 2.32. The maximum absolute atomic E-state index is 12.1. The molecule has 0 bridgehead atoms. The first-order valence-electron chi connectivity index (χ1n) is 7.72. The molecular weight excluding hydrogens is 344 g/mol. The van der Waals surface area contributed by atoms with E-state index in [0.717, 1.165) is 11.3 Å². The van der Waals surface area contributed by atoms with Gasteiger partial charge >= 0.3 is 6.03 Å². The van der Waals surface area contributed by atoms with Crippen molar-refractivity contribution in [3.8, 4) is 11.5 Å². The number of hydrogen-bond donors (Lipinski definition) is 2. The number of halogens is 1. The molecule has 0 saturated heterocycles. The Morgan fingerprint density at radius 2 is 1.84 bits per heavy atom. The van der Waals surface area contributed by atoms with Crippen molar-refractivity contribution >= 4 is 23.3 Å². The Bertz CT molecular complexity index is 692. The minimum Gasteiger partial charge on any atom is -0.497 e. The van der Waals surface area contributed by atoms with Gasteiger partial charge in [-0.15, -0.1) is 0 Å². The maximum Gasteiger partial charge on any atom is 0.319 e. The van der Waals surface area contributed by atoms with Crippen LogP contribution in [0.4, 0.5) is 10.5 Å². The molecule has 25 heavy (non-hydrogen) atoms. The van der Waals surface area contributed by atoms with E-state index in [1.165, 1.54) is 0 Å². The van der Waals surface area contributed by atoms with Crippen LogP contribution in [-0.2, 0) is 11.3 Å². The molecule has 2 N–H and O–H groups in total. The molecule has 0 radical (unpaired) electrons. The van der Waals surface area contributed by atoms with Crippen LogP contribution >= 0.6 is 11.6 Å². The topological polar surface area (TPSA) is 68.8 Å². The van der Waals surface area contributed by atoms with Gasteiger partial charge in [0.15, 0.2) is 5.75 Å². The molecule has 0 spiro atoms. The minimum absolute atomic E-state index is 0.336. The van der Waals surface area contributed by atoms with Crippen molar-refractivity contribution < 1.29 is 19.0 Å². The van der Waals surface area contributed by atoms with Crippen LogP contribution in [0.15, 0.2) is 42.5 Å². The summed E-state index contributed by atoms with van der Waals surface area (Å²) in [6.45, 7) is 1.15. The number of carbonyl (C=O) groups is 1. The van der Waals surface area contributed by atoms with Crippen LogP contribution in [0.5, 0.6) is 11.5 Å². The maximum atomic E-state index is 12.1. The average Bonchev–Trinajstić information content (AvgIpc) is 2.63. The van der Waals surface area contributed by atoms with Crippen molar-refractivity contribution in [1.29, 1.82) is 0 Å². The zero-order chi connectivity index (χ0) is 18.1. The van der Waals surface area contributed by atoms with Crippen LogP contribution in [0.25, 0.3) is 0 Å². The Hall–Kier alpha value is -2.44. The van der Waals surface area contributed by atoms with E-state index < -0.39 is 0 Å². The number of urea groups is 1. The van der Waals surface area contributed by atoms with E-state index in [2.05, 4.69) is 10.6 Å². The van der Waals surface area contributed by atoms with Gasteiger partial charge in [0.25, 0.3) is 0 Å². The molecule has 0 saturated carbocycles. The number of hydrogen-bond acceptors (Lipinski definition) is 4. The molecule has 0 aromatic heterocycles. The van der Waals surface area contributed by atoms with Gasteiger partial charge in [-0.25, -0.2) is 4.79 Å². The molecule has 0 aliphatic heterocycles. The van der Waals surface area contributed by atoms with Gasteiger partial charge in [0, 0.05) is 13.7 Å². The summed E-state index contributed by atoms with van der Waals surface area (Å²) in [6.07, 6.45) is 0. The molecule has 2 aromatic rings. The second-order valence-corrected chi connectivity index (χ2v) is 5.52. The first-order chi connectivity index (χ1) is 12.1. The van der Waals surface area contributed by atoms with Crippen LogP contribution in [0.1, 0.15) is 5.56 Å². The zero-order valence-electron chi connectivity index (χ0n) is 14.2. The number of nitrogens with one attached hydrogen (secondary N) is 2. The summed E-state index contributed by atoms with van der Waals surface area (Å²) in [5.41, 5.74) is 1.45. The highest BCUT2D eigenvalue weighted by atomic mass is 35.5. The molecule has 2 amide bonds. The number of ether oxygens (including phenoxy) is 3. The van der Waals surface area contributed by atoms with Crippen LogP contribution in [0, 0.1) is 0 Å². The lowest BCUT2D eigenvalue weighted by Crippen LogP contribution is -2.28. The van der Waals surface area contributed by atoms with Crippen molar-refractivity contribution in [3.63, 3.8) is 0 Å². The predicted octanol–water partition coefficient (Wildman–Crippen LogP) is 3.70. The van der Waals surface area contributed by atoms with Gasteiger partial charge in [-0.3, -0.25) is 0 Å². The molecule has 2 rings (SSSR count). The van der Waals surface area contributed by atoms with Crippen LogP contribution < -0.4 is 20.1 Å². The van der Waals surface area contributed by atoms with E-state index in [-0.39, 0.29) is 6.03 Å². The van der Waals surface area contributed by atoms with E-state index in [9.17, 15) is 4.79 Å². The number of benzene rings is 2. The third-order valence-corrected chi connectivity index (χ3v) is 3.66. The summed E-state index contributed by atoms with van der Waals surface area (Å²) in [4.78, 5) is 12.1. The molecule has 7 heteroatoms. The third kappa shape index (κ3) is 5.85.